The molecule has 94 valence electrons. The largest absolute Gasteiger partial charge is 0.371 e. The molecule has 1 aliphatic rings. The summed E-state index contributed by atoms with van der Waals surface area (Å²) in [4.78, 5) is 2.37. The predicted molar refractivity (Wildman–Crippen MR) is 74.8 cm³/mol. The molecule has 0 aliphatic heterocycles. The number of rotatable bonds is 5. The minimum Gasteiger partial charge on any atom is -0.371 e. The molecule has 1 saturated carbocycles. The molecule has 0 aromatic heterocycles. The van der Waals surface area contributed by atoms with E-state index < -0.39 is 0 Å². The summed E-state index contributed by atoms with van der Waals surface area (Å²) >= 11 is 6.11. The molecule has 1 aromatic rings. The number of nitrogens with zero attached hydrogens (tertiary/aromatic N) is 1. The standard InChI is InChI=1S/C14H21ClN2/c1-10(11-4-5-11)17(3)14-8-13(15)7-6-12(14)9-16-2/h6-8,10-11,16H,4-5,9H2,1-3H3. The van der Waals surface area contributed by atoms with Crippen LogP contribution in [0.1, 0.15) is 25.3 Å². The van der Waals surface area contributed by atoms with Crippen molar-refractivity contribution in [2.45, 2.75) is 32.4 Å². The average molecular weight is 253 g/mol. The van der Waals surface area contributed by atoms with Crippen LogP contribution in [0.3, 0.4) is 0 Å². The zero-order valence-electron chi connectivity index (χ0n) is 10.8. The third kappa shape index (κ3) is 2.93. The summed E-state index contributed by atoms with van der Waals surface area (Å²) in [6.45, 7) is 3.19. The summed E-state index contributed by atoms with van der Waals surface area (Å²) in [7, 11) is 4.15. The van der Waals surface area contributed by atoms with Gasteiger partial charge in [-0.25, -0.2) is 0 Å². The van der Waals surface area contributed by atoms with E-state index >= 15 is 0 Å². The van der Waals surface area contributed by atoms with E-state index in [9.17, 15) is 0 Å². The molecule has 2 rings (SSSR count). The molecule has 2 nitrogen and oxygen atoms in total. The maximum atomic E-state index is 6.11. The van der Waals surface area contributed by atoms with E-state index in [1.165, 1.54) is 24.1 Å². The molecule has 3 heteroatoms. The van der Waals surface area contributed by atoms with Crippen molar-refractivity contribution in [2.24, 2.45) is 5.92 Å². The number of hydrogen-bond acceptors (Lipinski definition) is 2. The highest BCUT2D eigenvalue weighted by Gasteiger charge is 2.31. The van der Waals surface area contributed by atoms with Gasteiger partial charge in [-0.2, -0.15) is 0 Å². The number of halogens is 1. The van der Waals surface area contributed by atoms with E-state index in [1.807, 2.05) is 13.1 Å². The minimum absolute atomic E-state index is 0.601. The first-order valence-corrected chi connectivity index (χ1v) is 6.67. The van der Waals surface area contributed by atoms with Crippen LogP contribution in [0.5, 0.6) is 0 Å². The van der Waals surface area contributed by atoms with Gasteiger partial charge in [-0.05, 0) is 50.4 Å². The Kier molecular flexibility index (Phi) is 3.95. The maximum Gasteiger partial charge on any atom is 0.0426 e. The van der Waals surface area contributed by atoms with Crippen molar-refractivity contribution in [1.29, 1.82) is 0 Å². The van der Waals surface area contributed by atoms with Gasteiger partial charge in [-0.3, -0.25) is 0 Å². The van der Waals surface area contributed by atoms with Gasteiger partial charge in [0.1, 0.15) is 0 Å². The molecule has 17 heavy (non-hydrogen) atoms. The lowest BCUT2D eigenvalue weighted by Gasteiger charge is -2.29. The van der Waals surface area contributed by atoms with Gasteiger partial charge >= 0.3 is 0 Å². The van der Waals surface area contributed by atoms with E-state index in [0.717, 1.165) is 17.5 Å². The lowest BCUT2D eigenvalue weighted by atomic mass is 10.1. The van der Waals surface area contributed by atoms with E-state index in [4.69, 9.17) is 11.6 Å². The maximum absolute atomic E-state index is 6.11. The van der Waals surface area contributed by atoms with Gasteiger partial charge in [-0.1, -0.05) is 17.7 Å². The predicted octanol–water partition coefficient (Wildman–Crippen LogP) is 3.29. The van der Waals surface area contributed by atoms with Crippen LogP contribution in [0.2, 0.25) is 5.02 Å². The second-order valence-corrected chi connectivity index (χ2v) is 5.43. The molecule has 1 atom stereocenters. The van der Waals surface area contributed by atoms with Gasteiger partial charge in [-0.15, -0.1) is 0 Å². The molecular weight excluding hydrogens is 232 g/mol. The Hall–Kier alpha value is -0.730. The molecule has 1 unspecified atom stereocenters. The molecule has 0 spiro atoms. The van der Waals surface area contributed by atoms with Crippen LogP contribution in [-0.2, 0) is 6.54 Å². The zero-order valence-corrected chi connectivity index (χ0v) is 11.6. The summed E-state index contributed by atoms with van der Waals surface area (Å²) in [5, 5.41) is 4.03. The molecule has 1 aliphatic carbocycles. The van der Waals surface area contributed by atoms with Crippen molar-refractivity contribution in [1.82, 2.24) is 5.32 Å². The fourth-order valence-electron chi connectivity index (χ4n) is 2.32. The summed E-state index contributed by atoms with van der Waals surface area (Å²) in [5.74, 6) is 0.862. The van der Waals surface area contributed by atoms with Gasteiger partial charge in [0.15, 0.2) is 0 Å². The smallest absolute Gasteiger partial charge is 0.0426 e. The molecular formula is C14H21ClN2. The highest BCUT2D eigenvalue weighted by Crippen LogP contribution is 2.37. The normalized spacial score (nSPS) is 16.9. The van der Waals surface area contributed by atoms with E-state index in [0.29, 0.717) is 6.04 Å². The molecule has 1 aromatic carbocycles. The first-order chi connectivity index (χ1) is 8.13. The fourth-order valence-corrected chi connectivity index (χ4v) is 2.49. The first kappa shape index (κ1) is 12.7. The van der Waals surface area contributed by atoms with Crippen LogP contribution in [-0.4, -0.2) is 20.1 Å². The highest BCUT2D eigenvalue weighted by molar-refractivity contribution is 6.30. The highest BCUT2D eigenvalue weighted by atomic mass is 35.5. The first-order valence-electron chi connectivity index (χ1n) is 6.29. The Balaban J connectivity index is 2.24. The third-order valence-electron chi connectivity index (χ3n) is 3.71. The Morgan fingerprint density at radius 1 is 1.47 bits per heavy atom. The van der Waals surface area contributed by atoms with E-state index in [1.54, 1.807) is 0 Å². The topological polar surface area (TPSA) is 15.3 Å². The monoisotopic (exact) mass is 252 g/mol. The van der Waals surface area contributed by atoms with Gasteiger partial charge in [0, 0.05) is 30.3 Å². The molecule has 0 bridgehead atoms. The SMILES string of the molecule is CNCc1ccc(Cl)cc1N(C)C(C)C1CC1. The Labute approximate surface area is 109 Å². The van der Waals surface area contributed by atoms with Crippen LogP contribution in [0, 0.1) is 5.92 Å². The third-order valence-corrected chi connectivity index (χ3v) is 3.94. The molecule has 0 saturated heterocycles. The number of nitrogens with one attached hydrogen (secondary N) is 1. The number of hydrogen-bond donors (Lipinski definition) is 1. The van der Waals surface area contributed by atoms with Crippen LogP contribution in [0.4, 0.5) is 5.69 Å². The fraction of sp³-hybridized carbons (Fsp3) is 0.571. The Morgan fingerprint density at radius 3 is 2.76 bits per heavy atom. The molecule has 0 radical (unpaired) electrons. The Morgan fingerprint density at radius 2 is 2.18 bits per heavy atom. The van der Waals surface area contributed by atoms with Crippen molar-refractivity contribution >= 4 is 17.3 Å². The minimum atomic E-state index is 0.601. The summed E-state index contributed by atoms with van der Waals surface area (Å²) in [5.41, 5.74) is 2.57. The summed E-state index contributed by atoms with van der Waals surface area (Å²) in [6, 6.07) is 6.76. The zero-order chi connectivity index (χ0) is 12.4. The van der Waals surface area contributed by atoms with Crippen LogP contribution in [0.25, 0.3) is 0 Å². The quantitative estimate of drug-likeness (QED) is 0.865. The summed E-state index contributed by atoms with van der Waals surface area (Å²) in [6.07, 6.45) is 2.74. The molecule has 1 N–H and O–H groups in total. The average Bonchev–Trinajstić information content (AvgIpc) is 3.14. The Bertz CT molecular complexity index is 388. The second-order valence-electron chi connectivity index (χ2n) is 4.99. The number of anilines is 1. The van der Waals surface area contributed by atoms with Crippen LogP contribution >= 0.6 is 11.6 Å². The van der Waals surface area contributed by atoms with Crippen molar-refractivity contribution in [3.8, 4) is 0 Å². The second kappa shape index (κ2) is 5.28. The van der Waals surface area contributed by atoms with Crippen molar-refractivity contribution in [3.63, 3.8) is 0 Å². The van der Waals surface area contributed by atoms with Crippen molar-refractivity contribution in [2.75, 3.05) is 19.0 Å². The number of benzene rings is 1. The summed E-state index contributed by atoms with van der Waals surface area (Å²) < 4.78 is 0. The molecule has 0 heterocycles. The molecule has 0 amide bonds. The van der Waals surface area contributed by atoms with Gasteiger partial charge in [0.25, 0.3) is 0 Å². The van der Waals surface area contributed by atoms with Gasteiger partial charge in [0.2, 0.25) is 0 Å². The van der Waals surface area contributed by atoms with E-state index in [2.05, 4.69) is 36.3 Å². The van der Waals surface area contributed by atoms with Crippen molar-refractivity contribution < 1.29 is 0 Å². The van der Waals surface area contributed by atoms with Gasteiger partial charge in [0.05, 0.1) is 0 Å². The van der Waals surface area contributed by atoms with Crippen LogP contribution in [0.15, 0.2) is 18.2 Å². The molecule has 1 fully saturated rings. The van der Waals surface area contributed by atoms with Crippen molar-refractivity contribution in [3.05, 3.63) is 28.8 Å². The lowest BCUT2D eigenvalue weighted by Crippen LogP contribution is -2.31. The van der Waals surface area contributed by atoms with E-state index in [-0.39, 0.29) is 0 Å². The van der Waals surface area contributed by atoms with Crippen LogP contribution < -0.4 is 10.2 Å². The van der Waals surface area contributed by atoms with Gasteiger partial charge < -0.3 is 10.2 Å². The lowest BCUT2D eigenvalue weighted by molar-refractivity contribution is 0.606.